The van der Waals surface area contributed by atoms with E-state index in [9.17, 15) is 4.79 Å². The van der Waals surface area contributed by atoms with Crippen molar-refractivity contribution in [3.63, 3.8) is 0 Å². The van der Waals surface area contributed by atoms with Gasteiger partial charge in [0, 0.05) is 12.1 Å². The molecule has 0 aliphatic rings. The van der Waals surface area contributed by atoms with Crippen LogP contribution in [0.5, 0.6) is 0 Å². The number of anilines is 1. The van der Waals surface area contributed by atoms with Crippen LogP contribution in [0.2, 0.25) is 0 Å². The first-order chi connectivity index (χ1) is 8.52. The Labute approximate surface area is 109 Å². The maximum Gasteiger partial charge on any atom is 0.225 e. The Morgan fingerprint density at radius 3 is 2.72 bits per heavy atom. The van der Waals surface area contributed by atoms with E-state index in [2.05, 4.69) is 30.2 Å². The zero-order chi connectivity index (χ0) is 13.5. The number of aryl methyl sites for hydroxylation is 2. The van der Waals surface area contributed by atoms with E-state index in [0.717, 1.165) is 24.1 Å². The highest BCUT2D eigenvalue weighted by Gasteiger charge is 2.04. The molecular weight excluding hydrogens is 224 g/mol. The van der Waals surface area contributed by atoms with E-state index < -0.39 is 0 Å². The quantitative estimate of drug-likeness (QED) is 0.806. The van der Waals surface area contributed by atoms with Gasteiger partial charge in [-0.25, -0.2) is 0 Å². The summed E-state index contributed by atoms with van der Waals surface area (Å²) < 4.78 is 0. The molecule has 0 heterocycles. The Kier molecular flexibility index (Phi) is 5.43. The maximum absolute atomic E-state index is 11.5. The van der Waals surface area contributed by atoms with Crippen LogP contribution >= 0.6 is 0 Å². The molecule has 0 saturated heterocycles. The van der Waals surface area contributed by atoms with Gasteiger partial charge in [0.1, 0.15) is 5.82 Å². The van der Waals surface area contributed by atoms with Crippen LogP contribution in [0, 0.1) is 13.8 Å². The summed E-state index contributed by atoms with van der Waals surface area (Å²) >= 11 is 0. The highest BCUT2D eigenvalue weighted by Crippen LogP contribution is 2.17. The van der Waals surface area contributed by atoms with E-state index >= 15 is 0 Å². The van der Waals surface area contributed by atoms with E-state index in [1.807, 2.05) is 26.0 Å². The lowest BCUT2D eigenvalue weighted by atomic mass is 10.1. The summed E-state index contributed by atoms with van der Waals surface area (Å²) in [5.41, 5.74) is 3.29. The number of rotatable bonds is 6. The predicted molar refractivity (Wildman–Crippen MR) is 76.3 cm³/mol. The van der Waals surface area contributed by atoms with Gasteiger partial charge in [0.05, 0.1) is 0 Å². The van der Waals surface area contributed by atoms with Crippen molar-refractivity contribution in [2.45, 2.75) is 40.0 Å². The van der Waals surface area contributed by atoms with Crippen LogP contribution in [0.1, 0.15) is 37.3 Å². The fourth-order valence-corrected chi connectivity index (χ4v) is 1.63. The molecule has 0 unspecified atom stereocenters. The molecular formula is C15H22N2O. The molecule has 1 rings (SSSR count). The molecule has 0 spiro atoms. The lowest BCUT2D eigenvalue weighted by molar-refractivity contribution is -0.120. The van der Waals surface area contributed by atoms with Crippen molar-refractivity contribution in [3.8, 4) is 0 Å². The molecule has 1 amide bonds. The van der Waals surface area contributed by atoms with Gasteiger partial charge in [-0.2, -0.15) is 0 Å². The Hall–Kier alpha value is -1.77. The summed E-state index contributed by atoms with van der Waals surface area (Å²) in [5, 5.41) is 5.90. The van der Waals surface area contributed by atoms with Gasteiger partial charge in [-0.05, 0) is 37.5 Å². The molecule has 0 radical (unpaired) electrons. The van der Waals surface area contributed by atoms with Crippen molar-refractivity contribution in [3.05, 3.63) is 41.7 Å². The average molecular weight is 246 g/mol. The van der Waals surface area contributed by atoms with Gasteiger partial charge in [0.25, 0.3) is 0 Å². The number of carbonyl (C=O) groups is 1. The molecule has 18 heavy (non-hydrogen) atoms. The summed E-state index contributed by atoms with van der Waals surface area (Å²) in [5.74, 6) is 0.546. The first-order valence-corrected chi connectivity index (χ1v) is 6.36. The van der Waals surface area contributed by atoms with Crippen LogP contribution < -0.4 is 10.6 Å². The number of benzene rings is 1. The Bertz CT molecular complexity index is 438. The Balaban J connectivity index is 2.54. The average Bonchev–Trinajstić information content (AvgIpc) is 2.31. The van der Waals surface area contributed by atoms with Crippen molar-refractivity contribution in [2.24, 2.45) is 0 Å². The van der Waals surface area contributed by atoms with Gasteiger partial charge >= 0.3 is 0 Å². The molecule has 0 saturated carbocycles. The van der Waals surface area contributed by atoms with Crippen LogP contribution in [0.25, 0.3) is 0 Å². The second-order valence-electron chi connectivity index (χ2n) is 4.57. The normalized spacial score (nSPS) is 9.94. The van der Waals surface area contributed by atoms with Gasteiger partial charge in [-0.15, -0.1) is 0 Å². The van der Waals surface area contributed by atoms with Crippen LogP contribution in [-0.2, 0) is 4.79 Å². The first kappa shape index (κ1) is 14.3. The fraction of sp³-hybridized carbons (Fsp3) is 0.400. The lowest BCUT2D eigenvalue weighted by Gasteiger charge is -2.13. The Morgan fingerprint density at radius 1 is 1.33 bits per heavy atom. The van der Waals surface area contributed by atoms with E-state index in [1.165, 1.54) is 5.56 Å². The van der Waals surface area contributed by atoms with Crippen LogP contribution in [0.4, 0.5) is 5.69 Å². The molecule has 0 atom stereocenters. The number of unbranched alkanes of at least 4 members (excludes halogenated alkanes) is 1. The third-order valence-corrected chi connectivity index (χ3v) is 2.73. The molecule has 0 aliphatic heterocycles. The highest BCUT2D eigenvalue weighted by molar-refractivity contribution is 5.78. The van der Waals surface area contributed by atoms with Crippen LogP contribution in [0.3, 0.4) is 0 Å². The smallest absolute Gasteiger partial charge is 0.225 e. The summed E-state index contributed by atoms with van der Waals surface area (Å²) in [4.78, 5) is 11.5. The van der Waals surface area contributed by atoms with Gasteiger partial charge in [-0.3, -0.25) is 4.79 Å². The topological polar surface area (TPSA) is 41.1 Å². The van der Waals surface area contributed by atoms with Crippen LogP contribution in [0.15, 0.2) is 30.6 Å². The molecule has 3 heteroatoms. The number of amides is 1. The molecule has 0 aromatic heterocycles. The summed E-state index contributed by atoms with van der Waals surface area (Å²) in [7, 11) is 0. The third-order valence-electron chi connectivity index (χ3n) is 2.73. The monoisotopic (exact) mass is 246 g/mol. The standard InChI is InChI=1S/C15H22N2O/c1-5-6-7-15(18)17-13(4)16-14-10-11(2)8-9-12(14)3/h8-10,16H,4-7H2,1-3H3,(H,17,18). The van der Waals surface area contributed by atoms with Crippen molar-refractivity contribution in [1.29, 1.82) is 0 Å². The number of carbonyl (C=O) groups excluding carboxylic acids is 1. The van der Waals surface area contributed by atoms with Gasteiger partial charge in [-0.1, -0.05) is 32.1 Å². The summed E-state index contributed by atoms with van der Waals surface area (Å²) in [6, 6.07) is 6.14. The van der Waals surface area contributed by atoms with Gasteiger partial charge in [0.2, 0.25) is 5.91 Å². The molecule has 1 aromatic rings. The minimum Gasteiger partial charge on any atom is -0.342 e. The number of hydrogen-bond donors (Lipinski definition) is 2. The lowest BCUT2D eigenvalue weighted by Crippen LogP contribution is -2.26. The van der Waals surface area contributed by atoms with Crippen molar-refractivity contribution in [1.82, 2.24) is 5.32 Å². The molecule has 3 nitrogen and oxygen atoms in total. The molecule has 0 aliphatic carbocycles. The molecule has 0 fully saturated rings. The fourth-order valence-electron chi connectivity index (χ4n) is 1.63. The Morgan fingerprint density at radius 2 is 2.06 bits per heavy atom. The second-order valence-corrected chi connectivity index (χ2v) is 4.57. The minimum absolute atomic E-state index is 0.0136. The number of hydrogen-bond acceptors (Lipinski definition) is 2. The largest absolute Gasteiger partial charge is 0.342 e. The van der Waals surface area contributed by atoms with E-state index in [1.54, 1.807) is 0 Å². The summed E-state index contributed by atoms with van der Waals surface area (Å²) in [6.07, 6.45) is 2.47. The van der Waals surface area contributed by atoms with Crippen molar-refractivity contribution >= 4 is 11.6 Å². The zero-order valence-corrected chi connectivity index (χ0v) is 11.5. The van der Waals surface area contributed by atoms with Crippen LogP contribution in [-0.4, -0.2) is 5.91 Å². The summed E-state index contributed by atoms with van der Waals surface area (Å²) in [6.45, 7) is 9.95. The van der Waals surface area contributed by atoms with Crippen molar-refractivity contribution < 1.29 is 4.79 Å². The minimum atomic E-state index is 0.0136. The molecule has 98 valence electrons. The molecule has 2 N–H and O–H groups in total. The predicted octanol–water partition coefficient (Wildman–Crippen LogP) is 3.49. The molecule has 0 bridgehead atoms. The SMILES string of the molecule is C=C(NC(=O)CCCC)Nc1cc(C)ccc1C. The van der Waals surface area contributed by atoms with Gasteiger partial charge in [0.15, 0.2) is 0 Å². The highest BCUT2D eigenvalue weighted by atomic mass is 16.1. The van der Waals surface area contributed by atoms with E-state index in [0.29, 0.717) is 12.2 Å². The maximum atomic E-state index is 11.5. The second kappa shape index (κ2) is 6.84. The van der Waals surface area contributed by atoms with E-state index in [-0.39, 0.29) is 5.91 Å². The number of nitrogens with one attached hydrogen (secondary N) is 2. The van der Waals surface area contributed by atoms with Gasteiger partial charge < -0.3 is 10.6 Å². The van der Waals surface area contributed by atoms with E-state index in [4.69, 9.17) is 0 Å². The third kappa shape index (κ3) is 4.62. The first-order valence-electron chi connectivity index (χ1n) is 6.36. The molecule has 1 aromatic carbocycles. The van der Waals surface area contributed by atoms with Crippen molar-refractivity contribution in [2.75, 3.05) is 5.32 Å². The zero-order valence-electron chi connectivity index (χ0n) is 11.5.